The first kappa shape index (κ1) is 14.5. The maximum absolute atomic E-state index is 12.0. The standard InChI is InChI=1S/C10H18ClN3O2S/c1-4-9(11)5-6-12-17(15,16)10-7(2)13-14-8(10)3/h9,12H,4-6H2,1-3H3,(H,13,14). The third kappa shape index (κ3) is 3.69. The predicted octanol–water partition coefficient (Wildman–Crippen LogP) is 1.71. The van der Waals surface area contributed by atoms with Gasteiger partial charge in [-0.15, -0.1) is 11.6 Å². The summed E-state index contributed by atoms with van der Waals surface area (Å²) < 4.78 is 26.5. The zero-order valence-electron chi connectivity index (χ0n) is 10.2. The second kappa shape index (κ2) is 5.84. The van der Waals surface area contributed by atoms with E-state index in [0.717, 1.165) is 6.42 Å². The van der Waals surface area contributed by atoms with Crippen molar-refractivity contribution >= 4 is 21.6 Å². The number of nitrogens with zero attached hydrogens (tertiary/aromatic N) is 1. The molecular formula is C10H18ClN3O2S. The zero-order valence-corrected chi connectivity index (χ0v) is 11.8. The van der Waals surface area contributed by atoms with E-state index in [9.17, 15) is 8.42 Å². The number of alkyl halides is 1. The molecule has 1 aromatic rings. The summed E-state index contributed by atoms with van der Waals surface area (Å²) in [4.78, 5) is 0.236. The molecule has 98 valence electrons. The van der Waals surface area contributed by atoms with Gasteiger partial charge in [-0.05, 0) is 26.7 Å². The molecule has 0 fully saturated rings. The summed E-state index contributed by atoms with van der Waals surface area (Å²) in [7, 11) is -3.48. The number of nitrogens with one attached hydrogen (secondary N) is 2. The van der Waals surface area contributed by atoms with Crippen LogP contribution in [-0.4, -0.2) is 30.5 Å². The van der Waals surface area contributed by atoms with E-state index in [4.69, 9.17) is 11.6 Å². The molecule has 1 heterocycles. The monoisotopic (exact) mass is 279 g/mol. The number of aromatic nitrogens is 2. The van der Waals surface area contributed by atoms with Crippen molar-refractivity contribution in [1.29, 1.82) is 0 Å². The lowest BCUT2D eigenvalue weighted by atomic mass is 10.2. The van der Waals surface area contributed by atoms with Crippen LogP contribution in [0.1, 0.15) is 31.2 Å². The van der Waals surface area contributed by atoms with E-state index in [1.54, 1.807) is 13.8 Å². The maximum Gasteiger partial charge on any atom is 0.244 e. The summed E-state index contributed by atoms with van der Waals surface area (Å²) in [5, 5.41) is 6.53. The van der Waals surface area contributed by atoms with Gasteiger partial charge in [0.25, 0.3) is 0 Å². The molecule has 0 aliphatic rings. The van der Waals surface area contributed by atoms with Crippen LogP contribution in [-0.2, 0) is 10.0 Å². The second-order valence-corrected chi connectivity index (χ2v) is 6.28. The average molecular weight is 280 g/mol. The highest BCUT2D eigenvalue weighted by Crippen LogP contribution is 2.16. The molecule has 0 amide bonds. The Hall–Kier alpha value is -0.590. The number of hydrogen-bond acceptors (Lipinski definition) is 3. The van der Waals surface area contributed by atoms with Gasteiger partial charge in [-0.2, -0.15) is 5.10 Å². The van der Waals surface area contributed by atoms with Crippen molar-refractivity contribution in [3.8, 4) is 0 Å². The van der Waals surface area contributed by atoms with E-state index in [-0.39, 0.29) is 10.3 Å². The van der Waals surface area contributed by atoms with E-state index in [0.29, 0.717) is 24.4 Å². The van der Waals surface area contributed by atoms with Crippen LogP contribution in [0.4, 0.5) is 0 Å². The van der Waals surface area contributed by atoms with Crippen LogP contribution in [0.3, 0.4) is 0 Å². The molecule has 0 radical (unpaired) electrons. The van der Waals surface area contributed by atoms with Crippen molar-refractivity contribution in [2.24, 2.45) is 0 Å². The molecule has 1 unspecified atom stereocenters. The Balaban J connectivity index is 2.70. The van der Waals surface area contributed by atoms with Crippen LogP contribution in [0.25, 0.3) is 0 Å². The van der Waals surface area contributed by atoms with Gasteiger partial charge in [0.1, 0.15) is 4.90 Å². The molecule has 1 rings (SSSR count). The smallest absolute Gasteiger partial charge is 0.244 e. The fraction of sp³-hybridized carbons (Fsp3) is 0.700. The van der Waals surface area contributed by atoms with Gasteiger partial charge in [0.05, 0.1) is 11.4 Å². The van der Waals surface area contributed by atoms with Gasteiger partial charge < -0.3 is 0 Å². The third-order valence-electron chi connectivity index (χ3n) is 2.52. The van der Waals surface area contributed by atoms with Crippen LogP contribution < -0.4 is 4.72 Å². The highest BCUT2D eigenvalue weighted by molar-refractivity contribution is 7.89. The summed E-state index contributed by atoms with van der Waals surface area (Å²) in [5.41, 5.74) is 1.03. The van der Waals surface area contributed by atoms with Gasteiger partial charge in [-0.1, -0.05) is 6.92 Å². The number of aromatic amines is 1. The topological polar surface area (TPSA) is 74.8 Å². The molecule has 5 nitrogen and oxygen atoms in total. The average Bonchev–Trinajstić information content (AvgIpc) is 2.58. The molecule has 0 bridgehead atoms. The Morgan fingerprint density at radius 3 is 2.59 bits per heavy atom. The fourth-order valence-electron chi connectivity index (χ4n) is 1.56. The Morgan fingerprint density at radius 1 is 1.47 bits per heavy atom. The van der Waals surface area contributed by atoms with Crippen LogP contribution >= 0.6 is 11.6 Å². The minimum absolute atomic E-state index is 0.00393. The molecule has 0 saturated carbocycles. The molecule has 1 aromatic heterocycles. The number of halogens is 1. The van der Waals surface area contributed by atoms with Crippen molar-refractivity contribution in [2.45, 2.75) is 43.9 Å². The summed E-state index contributed by atoms with van der Waals surface area (Å²) >= 11 is 5.93. The number of aryl methyl sites for hydroxylation is 2. The predicted molar refractivity (Wildman–Crippen MR) is 67.8 cm³/mol. The van der Waals surface area contributed by atoms with Gasteiger partial charge in [-0.25, -0.2) is 13.1 Å². The molecule has 0 saturated heterocycles. The normalized spacial score (nSPS) is 13.9. The van der Waals surface area contributed by atoms with Crippen molar-refractivity contribution in [1.82, 2.24) is 14.9 Å². The Morgan fingerprint density at radius 2 is 2.12 bits per heavy atom. The van der Waals surface area contributed by atoms with E-state index in [1.807, 2.05) is 6.92 Å². The minimum atomic E-state index is -3.48. The quantitative estimate of drug-likeness (QED) is 0.779. The van der Waals surface area contributed by atoms with E-state index in [1.165, 1.54) is 0 Å². The number of H-pyrrole nitrogens is 1. The van der Waals surface area contributed by atoms with Crippen molar-refractivity contribution in [3.05, 3.63) is 11.4 Å². The minimum Gasteiger partial charge on any atom is -0.281 e. The van der Waals surface area contributed by atoms with Crippen LogP contribution in [0.2, 0.25) is 0 Å². The number of sulfonamides is 1. The molecule has 0 aliphatic heterocycles. The van der Waals surface area contributed by atoms with Crippen molar-refractivity contribution < 1.29 is 8.42 Å². The zero-order chi connectivity index (χ0) is 13.1. The van der Waals surface area contributed by atoms with Gasteiger partial charge in [0.2, 0.25) is 10.0 Å². The maximum atomic E-state index is 12.0. The molecule has 7 heteroatoms. The molecule has 1 atom stereocenters. The van der Waals surface area contributed by atoms with Gasteiger partial charge >= 0.3 is 0 Å². The number of hydrogen-bond donors (Lipinski definition) is 2. The number of rotatable bonds is 6. The first-order chi connectivity index (χ1) is 7.88. The SMILES string of the molecule is CCC(Cl)CCNS(=O)(=O)c1c(C)n[nH]c1C. The lowest BCUT2D eigenvalue weighted by Crippen LogP contribution is -2.27. The van der Waals surface area contributed by atoms with Crippen molar-refractivity contribution in [3.63, 3.8) is 0 Å². The van der Waals surface area contributed by atoms with Gasteiger partial charge in [-0.3, -0.25) is 5.10 Å². The highest BCUT2D eigenvalue weighted by Gasteiger charge is 2.21. The molecule has 0 spiro atoms. The summed E-state index contributed by atoms with van der Waals surface area (Å²) in [6, 6.07) is 0. The first-order valence-electron chi connectivity index (χ1n) is 5.53. The Kier molecular flexibility index (Phi) is 4.97. The molecule has 0 aromatic carbocycles. The summed E-state index contributed by atoms with van der Waals surface area (Å²) in [6.45, 7) is 5.66. The van der Waals surface area contributed by atoms with Crippen molar-refractivity contribution in [2.75, 3.05) is 6.54 Å². The lowest BCUT2D eigenvalue weighted by Gasteiger charge is -2.08. The van der Waals surface area contributed by atoms with Crippen LogP contribution in [0.5, 0.6) is 0 Å². The lowest BCUT2D eigenvalue weighted by molar-refractivity contribution is 0.575. The van der Waals surface area contributed by atoms with Crippen LogP contribution in [0.15, 0.2) is 4.90 Å². The molecule has 17 heavy (non-hydrogen) atoms. The fourth-order valence-corrected chi connectivity index (χ4v) is 3.09. The summed E-state index contributed by atoms with van der Waals surface area (Å²) in [6.07, 6.45) is 1.44. The van der Waals surface area contributed by atoms with E-state index >= 15 is 0 Å². The van der Waals surface area contributed by atoms with Gasteiger partial charge in [0.15, 0.2) is 0 Å². The van der Waals surface area contributed by atoms with Crippen LogP contribution in [0, 0.1) is 13.8 Å². The van der Waals surface area contributed by atoms with E-state index < -0.39 is 10.0 Å². The molecule has 2 N–H and O–H groups in total. The highest BCUT2D eigenvalue weighted by atomic mass is 35.5. The summed E-state index contributed by atoms with van der Waals surface area (Å²) in [5.74, 6) is 0. The third-order valence-corrected chi connectivity index (χ3v) is 4.77. The largest absolute Gasteiger partial charge is 0.281 e. The van der Waals surface area contributed by atoms with E-state index in [2.05, 4.69) is 14.9 Å². The Bertz CT molecular complexity index is 450. The Labute approximate surface area is 107 Å². The first-order valence-corrected chi connectivity index (χ1v) is 7.45. The second-order valence-electron chi connectivity index (χ2n) is 3.96. The van der Waals surface area contributed by atoms with Gasteiger partial charge in [0, 0.05) is 11.9 Å². The molecular weight excluding hydrogens is 262 g/mol. The molecule has 0 aliphatic carbocycles.